The maximum absolute atomic E-state index is 8.51. The Morgan fingerprint density at radius 2 is 1.82 bits per heavy atom. The van der Waals surface area contributed by atoms with E-state index in [1.54, 1.807) is 0 Å². The Labute approximate surface area is 65.3 Å². The first kappa shape index (κ1) is 8.04. The molecule has 11 heavy (non-hydrogen) atoms. The van der Waals surface area contributed by atoms with Gasteiger partial charge in [-0.05, 0) is 12.1 Å². The molecule has 0 aliphatic carbocycles. The smallest absolute Gasteiger partial charge is 0.169 e. The molecule has 0 bridgehead atoms. The molecule has 0 aliphatic heterocycles. The van der Waals surface area contributed by atoms with Crippen molar-refractivity contribution in [2.24, 2.45) is 0 Å². The molecular formula is C8H11NO2. The van der Waals surface area contributed by atoms with Crippen molar-refractivity contribution in [3.63, 3.8) is 0 Å². The molecular weight excluding hydrogens is 142 g/mol. The van der Waals surface area contributed by atoms with Gasteiger partial charge in [0.15, 0.2) is 6.29 Å². The summed E-state index contributed by atoms with van der Waals surface area (Å²) in [6.07, 6.45) is -1.30. The molecule has 0 unspecified atom stereocenters. The van der Waals surface area contributed by atoms with Gasteiger partial charge in [0.05, 0.1) is 6.54 Å². The summed E-state index contributed by atoms with van der Waals surface area (Å²) in [7, 11) is 0. The van der Waals surface area contributed by atoms with Gasteiger partial charge in [0.1, 0.15) is 0 Å². The Kier molecular flexibility index (Phi) is 2.89. The van der Waals surface area contributed by atoms with E-state index >= 15 is 0 Å². The number of para-hydroxylation sites is 1. The average Bonchev–Trinajstić information content (AvgIpc) is 2.03. The monoisotopic (exact) mass is 153 g/mol. The SMILES string of the molecule is OC(O)CNc1ccccc1. The minimum atomic E-state index is -1.30. The van der Waals surface area contributed by atoms with E-state index in [4.69, 9.17) is 10.2 Å². The van der Waals surface area contributed by atoms with Gasteiger partial charge in [0, 0.05) is 5.69 Å². The van der Waals surface area contributed by atoms with E-state index in [0.717, 1.165) is 5.69 Å². The Hall–Kier alpha value is -1.06. The van der Waals surface area contributed by atoms with E-state index in [-0.39, 0.29) is 6.54 Å². The standard InChI is InChI=1S/C8H11NO2/c10-8(11)6-9-7-4-2-1-3-5-7/h1-5,8-11H,6H2. The summed E-state index contributed by atoms with van der Waals surface area (Å²) in [5, 5.41) is 19.9. The van der Waals surface area contributed by atoms with Crippen molar-refractivity contribution in [3.8, 4) is 0 Å². The lowest BCUT2D eigenvalue weighted by molar-refractivity contribution is -0.0275. The van der Waals surface area contributed by atoms with Crippen LogP contribution in [-0.4, -0.2) is 23.0 Å². The molecule has 0 atom stereocenters. The molecule has 0 aromatic heterocycles. The molecule has 1 aromatic rings. The van der Waals surface area contributed by atoms with E-state index in [1.165, 1.54) is 0 Å². The van der Waals surface area contributed by atoms with Gasteiger partial charge in [-0.3, -0.25) is 0 Å². The first-order valence-electron chi connectivity index (χ1n) is 3.44. The van der Waals surface area contributed by atoms with Crippen LogP contribution in [0, 0.1) is 0 Å². The lowest BCUT2D eigenvalue weighted by atomic mass is 10.3. The maximum atomic E-state index is 8.51. The molecule has 3 nitrogen and oxygen atoms in total. The molecule has 0 saturated heterocycles. The second-order valence-electron chi connectivity index (χ2n) is 2.23. The maximum Gasteiger partial charge on any atom is 0.169 e. The van der Waals surface area contributed by atoms with Crippen molar-refractivity contribution in [2.45, 2.75) is 6.29 Å². The topological polar surface area (TPSA) is 52.5 Å². The number of anilines is 1. The van der Waals surface area contributed by atoms with Gasteiger partial charge in [0.25, 0.3) is 0 Å². The third kappa shape index (κ3) is 3.02. The van der Waals surface area contributed by atoms with Crippen LogP contribution in [0.1, 0.15) is 0 Å². The number of nitrogens with one attached hydrogen (secondary N) is 1. The normalized spacial score (nSPS) is 10.1. The van der Waals surface area contributed by atoms with Crippen LogP contribution in [0.15, 0.2) is 30.3 Å². The minimum Gasteiger partial charge on any atom is -0.380 e. The molecule has 0 spiro atoms. The molecule has 0 heterocycles. The highest BCUT2D eigenvalue weighted by molar-refractivity contribution is 5.42. The first-order valence-corrected chi connectivity index (χ1v) is 3.44. The lowest BCUT2D eigenvalue weighted by Gasteiger charge is -2.06. The van der Waals surface area contributed by atoms with Crippen LogP contribution >= 0.6 is 0 Å². The Morgan fingerprint density at radius 1 is 1.18 bits per heavy atom. The summed E-state index contributed by atoms with van der Waals surface area (Å²) in [5.74, 6) is 0. The van der Waals surface area contributed by atoms with E-state index in [1.807, 2.05) is 30.3 Å². The highest BCUT2D eigenvalue weighted by atomic mass is 16.5. The van der Waals surface area contributed by atoms with Crippen molar-refractivity contribution >= 4 is 5.69 Å². The van der Waals surface area contributed by atoms with E-state index in [0.29, 0.717) is 0 Å². The second kappa shape index (κ2) is 3.95. The Morgan fingerprint density at radius 3 is 2.36 bits per heavy atom. The summed E-state index contributed by atoms with van der Waals surface area (Å²) in [5.41, 5.74) is 0.889. The average molecular weight is 153 g/mol. The molecule has 1 aromatic carbocycles. The summed E-state index contributed by atoms with van der Waals surface area (Å²) in [6.45, 7) is 0.157. The van der Waals surface area contributed by atoms with Crippen molar-refractivity contribution < 1.29 is 10.2 Å². The fraction of sp³-hybridized carbons (Fsp3) is 0.250. The molecule has 1 rings (SSSR count). The molecule has 3 N–H and O–H groups in total. The first-order chi connectivity index (χ1) is 5.29. The zero-order valence-corrected chi connectivity index (χ0v) is 6.07. The van der Waals surface area contributed by atoms with Gasteiger partial charge >= 0.3 is 0 Å². The van der Waals surface area contributed by atoms with E-state index < -0.39 is 6.29 Å². The summed E-state index contributed by atoms with van der Waals surface area (Å²) in [4.78, 5) is 0. The quantitative estimate of drug-likeness (QED) is 0.551. The number of benzene rings is 1. The molecule has 0 fully saturated rings. The summed E-state index contributed by atoms with van der Waals surface area (Å²) in [6, 6.07) is 9.39. The fourth-order valence-electron chi connectivity index (χ4n) is 0.765. The molecule has 60 valence electrons. The van der Waals surface area contributed by atoms with Crippen molar-refractivity contribution in [1.29, 1.82) is 0 Å². The van der Waals surface area contributed by atoms with Crippen molar-refractivity contribution in [1.82, 2.24) is 0 Å². The Balaban J connectivity index is 2.39. The third-order valence-corrected chi connectivity index (χ3v) is 1.26. The highest BCUT2D eigenvalue weighted by Gasteiger charge is 1.94. The number of rotatable bonds is 3. The zero-order valence-electron chi connectivity index (χ0n) is 6.07. The van der Waals surface area contributed by atoms with Gasteiger partial charge in [-0.2, -0.15) is 0 Å². The van der Waals surface area contributed by atoms with E-state index in [9.17, 15) is 0 Å². The van der Waals surface area contributed by atoms with E-state index in [2.05, 4.69) is 5.32 Å². The largest absolute Gasteiger partial charge is 0.380 e. The molecule has 3 heteroatoms. The van der Waals surface area contributed by atoms with Crippen LogP contribution in [0.3, 0.4) is 0 Å². The highest BCUT2D eigenvalue weighted by Crippen LogP contribution is 2.03. The predicted molar refractivity (Wildman–Crippen MR) is 43.2 cm³/mol. The van der Waals surface area contributed by atoms with Crippen molar-refractivity contribution in [3.05, 3.63) is 30.3 Å². The number of aliphatic hydroxyl groups is 2. The van der Waals surface area contributed by atoms with Gasteiger partial charge in [-0.15, -0.1) is 0 Å². The second-order valence-corrected chi connectivity index (χ2v) is 2.23. The Bertz CT molecular complexity index is 199. The fourth-order valence-corrected chi connectivity index (χ4v) is 0.765. The van der Waals surface area contributed by atoms with Crippen molar-refractivity contribution in [2.75, 3.05) is 11.9 Å². The molecule has 0 radical (unpaired) electrons. The lowest BCUT2D eigenvalue weighted by Crippen LogP contribution is -2.17. The number of hydrogen-bond donors (Lipinski definition) is 3. The van der Waals surface area contributed by atoms with Gasteiger partial charge in [-0.1, -0.05) is 18.2 Å². The summed E-state index contributed by atoms with van der Waals surface area (Å²) < 4.78 is 0. The molecule has 0 aliphatic rings. The van der Waals surface area contributed by atoms with Gasteiger partial charge in [0.2, 0.25) is 0 Å². The number of hydrogen-bond acceptors (Lipinski definition) is 3. The van der Waals surface area contributed by atoms with Gasteiger partial charge in [-0.25, -0.2) is 0 Å². The van der Waals surface area contributed by atoms with Crippen LogP contribution in [-0.2, 0) is 0 Å². The van der Waals surface area contributed by atoms with Crippen LogP contribution < -0.4 is 5.32 Å². The zero-order chi connectivity index (χ0) is 8.10. The molecule has 0 saturated carbocycles. The predicted octanol–water partition coefficient (Wildman–Crippen LogP) is 0.409. The van der Waals surface area contributed by atoms with Crippen LogP contribution in [0.4, 0.5) is 5.69 Å². The van der Waals surface area contributed by atoms with Crippen LogP contribution in [0.25, 0.3) is 0 Å². The molecule has 0 amide bonds. The van der Waals surface area contributed by atoms with Crippen LogP contribution in [0.5, 0.6) is 0 Å². The summed E-state index contributed by atoms with van der Waals surface area (Å²) >= 11 is 0. The van der Waals surface area contributed by atoms with Gasteiger partial charge < -0.3 is 15.5 Å². The minimum absolute atomic E-state index is 0.157. The number of aliphatic hydroxyl groups excluding tert-OH is 1. The van der Waals surface area contributed by atoms with Crippen LogP contribution in [0.2, 0.25) is 0 Å². The third-order valence-electron chi connectivity index (χ3n) is 1.26.